The number of nitrogens with two attached hydrogens (primary N) is 1. The average Bonchev–Trinajstić information content (AvgIpc) is 2.46. The number of fused-ring (bicyclic) bond motifs is 1. The zero-order chi connectivity index (χ0) is 9.26. The van der Waals surface area contributed by atoms with Crippen LogP contribution in [0.4, 0.5) is 0 Å². The van der Waals surface area contributed by atoms with Crippen LogP contribution < -0.4 is 5.73 Å². The van der Waals surface area contributed by atoms with Crippen LogP contribution in [0.25, 0.3) is 0 Å². The molecule has 0 radical (unpaired) electrons. The van der Waals surface area contributed by atoms with E-state index >= 15 is 0 Å². The molecule has 1 aromatic rings. The molecule has 2 rings (SSSR count). The molecule has 0 saturated heterocycles. The van der Waals surface area contributed by atoms with E-state index in [-0.39, 0.29) is 6.04 Å². The molecule has 0 heterocycles. The largest absolute Gasteiger partial charge is 0.323 e. The highest BCUT2D eigenvalue weighted by Crippen LogP contribution is 2.36. The standard InChI is InChI=1S/C11H15NS/c1-2-13-10-7-8-5-3-4-6-9(8)11(10)12/h3-6,10-11H,2,7,12H2,1H3. The highest BCUT2D eigenvalue weighted by atomic mass is 32.2. The Bertz CT molecular complexity index is 298. The highest BCUT2D eigenvalue weighted by molar-refractivity contribution is 7.99. The van der Waals surface area contributed by atoms with Crippen molar-refractivity contribution in [3.05, 3.63) is 35.4 Å². The van der Waals surface area contributed by atoms with Gasteiger partial charge in [0.05, 0.1) is 0 Å². The fourth-order valence-corrected chi connectivity index (χ4v) is 3.05. The van der Waals surface area contributed by atoms with Crippen LogP contribution in [-0.2, 0) is 6.42 Å². The van der Waals surface area contributed by atoms with Crippen molar-refractivity contribution in [1.82, 2.24) is 0 Å². The number of benzene rings is 1. The van der Waals surface area contributed by atoms with E-state index in [0.717, 1.165) is 12.2 Å². The lowest BCUT2D eigenvalue weighted by atomic mass is 10.1. The van der Waals surface area contributed by atoms with Gasteiger partial charge in [0.15, 0.2) is 0 Å². The Labute approximate surface area is 83.7 Å². The summed E-state index contributed by atoms with van der Waals surface area (Å²) in [6.07, 6.45) is 1.15. The maximum Gasteiger partial charge on any atom is 0.0421 e. The van der Waals surface area contributed by atoms with E-state index in [2.05, 4.69) is 31.2 Å². The molecule has 13 heavy (non-hydrogen) atoms. The summed E-state index contributed by atoms with van der Waals surface area (Å²) in [7, 11) is 0. The number of thioether (sulfide) groups is 1. The van der Waals surface area contributed by atoms with E-state index < -0.39 is 0 Å². The minimum absolute atomic E-state index is 0.251. The third-order valence-electron chi connectivity index (χ3n) is 2.62. The summed E-state index contributed by atoms with van der Waals surface area (Å²) in [5, 5.41) is 0.599. The Morgan fingerprint density at radius 2 is 2.23 bits per heavy atom. The number of hydrogen-bond acceptors (Lipinski definition) is 2. The van der Waals surface area contributed by atoms with Gasteiger partial charge >= 0.3 is 0 Å². The van der Waals surface area contributed by atoms with Crippen LogP contribution in [0, 0.1) is 0 Å². The zero-order valence-electron chi connectivity index (χ0n) is 7.86. The Kier molecular flexibility index (Phi) is 2.61. The number of hydrogen-bond donors (Lipinski definition) is 1. The van der Waals surface area contributed by atoms with Crippen molar-refractivity contribution in [2.75, 3.05) is 5.75 Å². The lowest BCUT2D eigenvalue weighted by Gasteiger charge is -2.13. The summed E-state index contributed by atoms with van der Waals surface area (Å²) < 4.78 is 0. The van der Waals surface area contributed by atoms with Crippen LogP contribution in [0.3, 0.4) is 0 Å². The minimum Gasteiger partial charge on any atom is -0.323 e. The molecule has 2 unspecified atom stereocenters. The molecule has 0 saturated carbocycles. The van der Waals surface area contributed by atoms with E-state index in [0.29, 0.717) is 5.25 Å². The van der Waals surface area contributed by atoms with Crippen molar-refractivity contribution in [3.63, 3.8) is 0 Å². The van der Waals surface area contributed by atoms with Crippen molar-refractivity contribution < 1.29 is 0 Å². The molecule has 70 valence electrons. The van der Waals surface area contributed by atoms with Crippen molar-refractivity contribution >= 4 is 11.8 Å². The quantitative estimate of drug-likeness (QED) is 0.780. The van der Waals surface area contributed by atoms with Gasteiger partial charge in [-0.3, -0.25) is 0 Å². The Morgan fingerprint density at radius 1 is 1.46 bits per heavy atom. The second kappa shape index (κ2) is 3.72. The lowest BCUT2D eigenvalue weighted by Crippen LogP contribution is -2.19. The van der Waals surface area contributed by atoms with Crippen molar-refractivity contribution in [2.45, 2.75) is 24.6 Å². The molecule has 1 nitrogen and oxygen atoms in total. The maximum absolute atomic E-state index is 6.16. The molecular weight excluding hydrogens is 178 g/mol. The van der Waals surface area contributed by atoms with E-state index in [4.69, 9.17) is 5.73 Å². The molecule has 0 fully saturated rings. The van der Waals surface area contributed by atoms with Crippen molar-refractivity contribution in [3.8, 4) is 0 Å². The van der Waals surface area contributed by atoms with E-state index in [1.165, 1.54) is 11.1 Å². The highest BCUT2D eigenvalue weighted by Gasteiger charge is 2.28. The molecular formula is C11H15NS. The van der Waals surface area contributed by atoms with Gasteiger partial charge in [-0.25, -0.2) is 0 Å². The lowest BCUT2D eigenvalue weighted by molar-refractivity contribution is 0.731. The Morgan fingerprint density at radius 3 is 2.92 bits per heavy atom. The molecule has 2 atom stereocenters. The van der Waals surface area contributed by atoms with E-state index in [1.54, 1.807) is 0 Å². The first-order chi connectivity index (χ1) is 6.33. The molecule has 1 aliphatic carbocycles. The molecule has 0 aliphatic heterocycles. The summed E-state index contributed by atoms with van der Waals surface area (Å²) in [6, 6.07) is 8.80. The summed E-state index contributed by atoms with van der Waals surface area (Å²) >= 11 is 1.98. The SMILES string of the molecule is CCSC1Cc2ccccc2C1N. The normalized spacial score (nSPS) is 26.0. The van der Waals surface area contributed by atoms with Gasteiger partial charge in [0.1, 0.15) is 0 Å². The first-order valence-electron chi connectivity index (χ1n) is 4.78. The van der Waals surface area contributed by atoms with E-state index in [1.807, 2.05) is 11.8 Å². The van der Waals surface area contributed by atoms with Crippen LogP contribution in [-0.4, -0.2) is 11.0 Å². The van der Waals surface area contributed by atoms with Crippen LogP contribution in [0.2, 0.25) is 0 Å². The summed E-state index contributed by atoms with van der Waals surface area (Å²) in [5.41, 5.74) is 8.96. The van der Waals surface area contributed by atoms with Gasteiger partial charge in [0.2, 0.25) is 0 Å². The zero-order valence-corrected chi connectivity index (χ0v) is 8.68. The van der Waals surface area contributed by atoms with Gasteiger partial charge in [-0.15, -0.1) is 0 Å². The molecule has 0 spiro atoms. The molecule has 2 heteroatoms. The van der Waals surface area contributed by atoms with Crippen LogP contribution in [0.5, 0.6) is 0 Å². The second-order valence-electron chi connectivity index (χ2n) is 3.42. The molecule has 2 N–H and O–H groups in total. The first kappa shape index (κ1) is 9.10. The van der Waals surface area contributed by atoms with Crippen molar-refractivity contribution in [2.24, 2.45) is 5.73 Å². The third kappa shape index (κ3) is 1.61. The minimum atomic E-state index is 0.251. The van der Waals surface area contributed by atoms with Crippen LogP contribution in [0.15, 0.2) is 24.3 Å². The molecule has 1 aliphatic rings. The molecule has 0 bridgehead atoms. The monoisotopic (exact) mass is 193 g/mol. The summed E-state index contributed by atoms with van der Waals surface area (Å²) in [6.45, 7) is 2.19. The van der Waals surface area contributed by atoms with Crippen molar-refractivity contribution in [1.29, 1.82) is 0 Å². The van der Waals surface area contributed by atoms with E-state index in [9.17, 15) is 0 Å². The Balaban J connectivity index is 2.22. The maximum atomic E-state index is 6.16. The topological polar surface area (TPSA) is 26.0 Å². The Hall–Kier alpha value is -0.470. The molecule has 1 aromatic carbocycles. The van der Waals surface area contributed by atoms with Gasteiger partial charge in [-0.2, -0.15) is 11.8 Å². The van der Waals surface area contributed by atoms with Gasteiger partial charge < -0.3 is 5.73 Å². The van der Waals surface area contributed by atoms with Gasteiger partial charge in [-0.05, 0) is 23.3 Å². The summed E-state index contributed by atoms with van der Waals surface area (Å²) in [5.74, 6) is 1.16. The molecule has 0 aromatic heterocycles. The fraction of sp³-hybridized carbons (Fsp3) is 0.455. The second-order valence-corrected chi connectivity index (χ2v) is 4.94. The third-order valence-corrected chi connectivity index (χ3v) is 3.84. The number of rotatable bonds is 2. The predicted octanol–water partition coefficient (Wildman–Crippen LogP) is 2.36. The first-order valence-corrected chi connectivity index (χ1v) is 5.82. The van der Waals surface area contributed by atoms with Gasteiger partial charge in [0.25, 0.3) is 0 Å². The predicted molar refractivity (Wildman–Crippen MR) is 59.0 cm³/mol. The average molecular weight is 193 g/mol. The van der Waals surface area contributed by atoms with Gasteiger partial charge in [0, 0.05) is 11.3 Å². The summed E-state index contributed by atoms with van der Waals surface area (Å²) in [4.78, 5) is 0. The van der Waals surface area contributed by atoms with Crippen LogP contribution >= 0.6 is 11.8 Å². The van der Waals surface area contributed by atoms with Gasteiger partial charge in [-0.1, -0.05) is 31.2 Å². The fourth-order valence-electron chi connectivity index (χ4n) is 1.97. The van der Waals surface area contributed by atoms with Crippen LogP contribution in [0.1, 0.15) is 24.1 Å². The molecule has 0 amide bonds. The smallest absolute Gasteiger partial charge is 0.0421 e.